The van der Waals surface area contributed by atoms with Gasteiger partial charge in [0.1, 0.15) is 11.9 Å². The maximum Gasteiger partial charge on any atom is 0.320 e. The number of halogens is 3. The highest BCUT2D eigenvalue weighted by Gasteiger charge is 2.42. The van der Waals surface area contributed by atoms with Crippen LogP contribution in [0.25, 0.3) is 0 Å². The molecule has 7 heteroatoms. The number of carboxylic acids is 1. The fourth-order valence-electron chi connectivity index (χ4n) is 6.91. The van der Waals surface area contributed by atoms with E-state index in [0.29, 0.717) is 31.8 Å². The number of aliphatic carboxylic acids is 1. The molecule has 0 unspecified atom stereocenters. The Kier molecular flexibility index (Phi) is 8.97. The molecule has 3 aliphatic rings. The van der Waals surface area contributed by atoms with Crippen molar-refractivity contribution in [2.45, 2.75) is 69.2 Å². The highest BCUT2D eigenvalue weighted by atomic mass is 19.3. The van der Waals surface area contributed by atoms with Gasteiger partial charge < -0.3 is 10.0 Å². The second kappa shape index (κ2) is 12.4. The maximum absolute atomic E-state index is 14.7. The van der Waals surface area contributed by atoms with Crippen LogP contribution in [-0.4, -0.2) is 59.6 Å². The molecule has 39 heavy (non-hydrogen) atoms. The average Bonchev–Trinajstić information content (AvgIpc) is 3.31. The van der Waals surface area contributed by atoms with Crippen LogP contribution < -0.4 is 0 Å². The molecule has 212 valence electrons. The van der Waals surface area contributed by atoms with Gasteiger partial charge in [0, 0.05) is 37.5 Å². The largest absolute Gasteiger partial charge is 0.480 e. The van der Waals surface area contributed by atoms with Gasteiger partial charge in [0.2, 0.25) is 0 Å². The standard InChI is InChI=1S/C32H41F3N2O2/c33-28-11-5-8-25(19-28)29-22-37(30(31(38)39)18-24-6-4-7-24)21-26(29)20-36-16-13-23(14-17-36)12-15-32(34,35)27-9-2-1-3-10-27/h1-3,5,8-11,19,23-24,26,29-30H,4,6-7,12-18,20-22H2,(H,38,39)/t26-,29+,30+/m0/s1. The molecule has 4 nitrogen and oxygen atoms in total. The van der Waals surface area contributed by atoms with Crippen LogP contribution in [0.5, 0.6) is 0 Å². The molecule has 1 N–H and O–H groups in total. The Morgan fingerprint density at radius 1 is 0.974 bits per heavy atom. The molecule has 2 aromatic rings. The number of rotatable bonds is 11. The molecule has 0 bridgehead atoms. The quantitative estimate of drug-likeness (QED) is 0.340. The molecule has 3 atom stereocenters. The van der Waals surface area contributed by atoms with Gasteiger partial charge in [-0.25, -0.2) is 13.2 Å². The number of nitrogens with zero attached hydrogens (tertiary/aromatic N) is 2. The third-order valence-corrected chi connectivity index (χ3v) is 9.52. The average molecular weight is 543 g/mol. The van der Waals surface area contributed by atoms with Gasteiger partial charge in [-0.1, -0.05) is 61.7 Å². The van der Waals surface area contributed by atoms with E-state index in [9.17, 15) is 23.1 Å². The zero-order valence-corrected chi connectivity index (χ0v) is 22.7. The van der Waals surface area contributed by atoms with Gasteiger partial charge in [-0.15, -0.1) is 0 Å². The molecule has 0 spiro atoms. The van der Waals surface area contributed by atoms with Crippen LogP contribution in [0.4, 0.5) is 13.2 Å². The van der Waals surface area contributed by atoms with E-state index in [1.807, 2.05) is 6.07 Å². The molecule has 0 aromatic heterocycles. The van der Waals surface area contributed by atoms with Crippen molar-refractivity contribution < 1.29 is 23.1 Å². The topological polar surface area (TPSA) is 43.8 Å². The summed E-state index contributed by atoms with van der Waals surface area (Å²) in [5, 5.41) is 10.1. The summed E-state index contributed by atoms with van der Waals surface area (Å²) in [6.45, 7) is 3.86. The van der Waals surface area contributed by atoms with Crippen molar-refractivity contribution in [2.75, 3.05) is 32.7 Å². The Morgan fingerprint density at radius 2 is 1.72 bits per heavy atom. The molecule has 0 amide bonds. The first-order chi connectivity index (χ1) is 18.8. The van der Waals surface area contributed by atoms with E-state index in [1.54, 1.807) is 30.3 Å². The molecular weight excluding hydrogens is 501 g/mol. The minimum Gasteiger partial charge on any atom is -0.480 e. The van der Waals surface area contributed by atoms with Crippen LogP contribution in [0.15, 0.2) is 54.6 Å². The number of carboxylic acid groups (broad SMARTS) is 1. The maximum atomic E-state index is 14.7. The summed E-state index contributed by atoms with van der Waals surface area (Å²) in [7, 11) is 0. The summed E-state index contributed by atoms with van der Waals surface area (Å²) in [5.74, 6) is -2.76. The van der Waals surface area contributed by atoms with Crippen molar-refractivity contribution in [2.24, 2.45) is 17.8 Å². The molecule has 2 heterocycles. The van der Waals surface area contributed by atoms with Gasteiger partial charge in [-0.3, -0.25) is 9.69 Å². The Morgan fingerprint density at radius 3 is 2.36 bits per heavy atom. The van der Waals surface area contributed by atoms with Gasteiger partial charge in [-0.05, 0) is 74.2 Å². The number of benzene rings is 2. The first-order valence-electron chi connectivity index (χ1n) is 14.7. The number of hydrogen-bond acceptors (Lipinski definition) is 3. The van der Waals surface area contributed by atoms with Crippen molar-refractivity contribution in [3.05, 3.63) is 71.5 Å². The highest BCUT2D eigenvalue weighted by Crippen LogP contribution is 2.39. The molecule has 1 aliphatic carbocycles. The van der Waals surface area contributed by atoms with Gasteiger partial charge in [0.15, 0.2) is 0 Å². The normalized spacial score (nSPS) is 24.5. The number of carbonyl (C=O) groups is 1. The summed E-state index contributed by atoms with van der Waals surface area (Å²) >= 11 is 0. The Hall–Kier alpha value is -2.38. The van der Waals surface area contributed by atoms with Gasteiger partial charge in [0.05, 0.1) is 0 Å². The number of hydrogen-bond donors (Lipinski definition) is 1. The van der Waals surface area contributed by atoms with Crippen molar-refractivity contribution >= 4 is 5.97 Å². The Labute approximate surface area is 230 Å². The van der Waals surface area contributed by atoms with Gasteiger partial charge in [0.25, 0.3) is 5.92 Å². The number of likely N-dealkylation sites (tertiary alicyclic amines) is 2. The molecule has 2 aliphatic heterocycles. The highest BCUT2D eigenvalue weighted by molar-refractivity contribution is 5.73. The first kappa shape index (κ1) is 28.2. The Balaban J connectivity index is 1.19. The van der Waals surface area contributed by atoms with E-state index >= 15 is 0 Å². The van der Waals surface area contributed by atoms with Crippen molar-refractivity contribution in [1.82, 2.24) is 9.80 Å². The van der Waals surface area contributed by atoms with E-state index in [0.717, 1.165) is 50.9 Å². The van der Waals surface area contributed by atoms with Crippen LogP contribution in [0.2, 0.25) is 0 Å². The third-order valence-electron chi connectivity index (χ3n) is 9.52. The molecule has 0 radical (unpaired) electrons. The minimum atomic E-state index is -2.80. The van der Waals surface area contributed by atoms with E-state index in [2.05, 4.69) is 9.80 Å². The second-order valence-corrected chi connectivity index (χ2v) is 12.1. The number of alkyl halides is 2. The zero-order valence-electron chi connectivity index (χ0n) is 22.7. The van der Waals surface area contributed by atoms with Crippen LogP contribution in [0, 0.1) is 23.6 Å². The second-order valence-electron chi connectivity index (χ2n) is 12.1. The van der Waals surface area contributed by atoms with Crippen LogP contribution in [0.3, 0.4) is 0 Å². The van der Waals surface area contributed by atoms with Crippen LogP contribution >= 0.6 is 0 Å². The molecule has 2 saturated heterocycles. The first-order valence-corrected chi connectivity index (χ1v) is 14.7. The van der Waals surface area contributed by atoms with E-state index in [-0.39, 0.29) is 35.6 Å². The van der Waals surface area contributed by atoms with Crippen LogP contribution in [0.1, 0.15) is 68.4 Å². The molecule has 2 aromatic carbocycles. The lowest BCUT2D eigenvalue weighted by Crippen LogP contribution is -2.43. The van der Waals surface area contributed by atoms with Gasteiger partial charge >= 0.3 is 5.97 Å². The summed E-state index contributed by atoms with van der Waals surface area (Å²) in [6.07, 6.45) is 6.28. The molecule has 1 saturated carbocycles. The van der Waals surface area contributed by atoms with Crippen molar-refractivity contribution in [3.63, 3.8) is 0 Å². The zero-order chi connectivity index (χ0) is 27.4. The summed E-state index contributed by atoms with van der Waals surface area (Å²) in [4.78, 5) is 16.8. The molecule has 5 rings (SSSR count). The fourth-order valence-corrected chi connectivity index (χ4v) is 6.91. The number of piperidine rings is 1. The lowest BCUT2D eigenvalue weighted by Gasteiger charge is -2.35. The molecular formula is C32H41F3N2O2. The van der Waals surface area contributed by atoms with Crippen molar-refractivity contribution in [3.8, 4) is 0 Å². The molecule has 3 fully saturated rings. The predicted octanol–water partition coefficient (Wildman–Crippen LogP) is 6.77. The fraction of sp³-hybridized carbons (Fsp3) is 0.594. The summed E-state index contributed by atoms with van der Waals surface area (Å²) in [5.41, 5.74) is 1.03. The summed E-state index contributed by atoms with van der Waals surface area (Å²) < 4.78 is 43.5. The van der Waals surface area contributed by atoms with E-state index < -0.39 is 17.9 Å². The lowest BCUT2D eigenvalue weighted by atomic mass is 9.80. The smallest absolute Gasteiger partial charge is 0.320 e. The van der Waals surface area contributed by atoms with E-state index in [1.165, 1.54) is 24.6 Å². The monoisotopic (exact) mass is 542 g/mol. The van der Waals surface area contributed by atoms with E-state index in [4.69, 9.17) is 0 Å². The Bertz CT molecular complexity index is 1090. The third kappa shape index (κ3) is 7.04. The minimum absolute atomic E-state index is 0.0752. The predicted molar refractivity (Wildman–Crippen MR) is 146 cm³/mol. The SMILES string of the molecule is O=C(O)[C@@H](CC1CCC1)N1C[C@H](CN2CCC(CCC(F)(F)c3ccccc3)CC2)[C@@H](c2cccc(F)c2)C1. The van der Waals surface area contributed by atoms with Crippen LogP contribution in [-0.2, 0) is 10.7 Å². The summed E-state index contributed by atoms with van der Waals surface area (Å²) in [6, 6.07) is 14.4. The van der Waals surface area contributed by atoms with Gasteiger partial charge in [-0.2, -0.15) is 0 Å². The van der Waals surface area contributed by atoms with Crippen molar-refractivity contribution in [1.29, 1.82) is 0 Å². The lowest BCUT2D eigenvalue weighted by molar-refractivity contribution is -0.144.